The summed E-state index contributed by atoms with van der Waals surface area (Å²) in [5, 5.41) is 4.61. The smallest absolute Gasteiger partial charge is 0.0577 e. The van der Waals surface area contributed by atoms with Gasteiger partial charge in [0.2, 0.25) is 0 Å². The van der Waals surface area contributed by atoms with Crippen molar-refractivity contribution in [3.63, 3.8) is 0 Å². The summed E-state index contributed by atoms with van der Waals surface area (Å²) in [6.45, 7) is 0.746. The first-order chi connectivity index (χ1) is 9.24. The van der Waals surface area contributed by atoms with Crippen LogP contribution in [0.3, 0.4) is 0 Å². The molecule has 0 aliphatic carbocycles. The van der Waals surface area contributed by atoms with Crippen molar-refractivity contribution in [2.45, 2.75) is 6.54 Å². The Morgan fingerprint density at radius 3 is 2.84 bits per heavy atom. The van der Waals surface area contributed by atoms with E-state index in [1.165, 1.54) is 10.9 Å². The van der Waals surface area contributed by atoms with Gasteiger partial charge in [-0.05, 0) is 29.8 Å². The predicted octanol–water partition coefficient (Wildman–Crippen LogP) is 4.12. The minimum Gasteiger partial charge on any atom is -0.397 e. The van der Waals surface area contributed by atoms with E-state index in [2.05, 4.69) is 38.4 Å². The lowest BCUT2D eigenvalue weighted by Gasteiger charge is -2.09. The average Bonchev–Trinajstić information content (AvgIpc) is 2.81. The molecular weight excluding hydrogens is 302 g/mol. The minimum absolute atomic E-state index is 0.745. The van der Waals surface area contributed by atoms with Gasteiger partial charge in [-0.1, -0.05) is 34.1 Å². The second-order valence-electron chi connectivity index (χ2n) is 4.44. The van der Waals surface area contributed by atoms with E-state index in [9.17, 15) is 0 Å². The summed E-state index contributed by atoms with van der Waals surface area (Å²) in [5.41, 5.74) is 10.1. The molecule has 1 aromatic heterocycles. The quantitative estimate of drug-likeness (QED) is 0.637. The van der Waals surface area contributed by atoms with Gasteiger partial charge in [-0.25, -0.2) is 0 Å². The molecule has 1 heterocycles. The molecule has 3 rings (SSSR count). The summed E-state index contributed by atoms with van der Waals surface area (Å²) in [5.74, 6) is 0. The number of benzene rings is 2. The number of halogens is 1. The molecule has 0 amide bonds. The first-order valence-electron chi connectivity index (χ1n) is 6.08. The molecule has 0 aliphatic rings. The molecule has 0 saturated heterocycles. The number of nitrogens with two attached hydrogens (primary N) is 1. The van der Waals surface area contributed by atoms with E-state index in [1.807, 2.05) is 36.5 Å². The number of nitrogen functional groups attached to an aromatic ring is 1. The fourth-order valence-electron chi connectivity index (χ4n) is 2.16. The molecule has 2 aromatic carbocycles. The minimum atomic E-state index is 0.745. The molecule has 0 aliphatic heterocycles. The highest BCUT2D eigenvalue weighted by Gasteiger charge is 2.04. The number of hydrogen-bond acceptors (Lipinski definition) is 2. The molecule has 0 radical (unpaired) electrons. The number of H-pyrrole nitrogens is 1. The second-order valence-corrected chi connectivity index (χ2v) is 5.36. The summed E-state index contributed by atoms with van der Waals surface area (Å²) in [4.78, 5) is 3.27. The predicted molar refractivity (Wildman–Crippen MR) is 84.2 cm³/mol. The molecule has 0 saturated carbocycles. The van der Waals surface area contributed by atoms with Crippen LogP contribution in [-0.4, -0.2) is 4.98 Å². The summed E-state index contributed by atoms with van der Waals surface area (Å²) < 4.78 is 0.989. The molecule has 0 fully saturated rings. The van der Waals surface area contributed by atoms with E-state index in [4.69, 9.17) is 5.73 Å². The van der Waals surface area contributed by atoms with E-state index in [0.717, 1.165) is 27.9 Å². The Bertz CT molecular complexity index is 718. The third kappa shape index (κ3) is 2.44. The molecule has 3 nitrogen and oxygen atoms in total. The standard InChI is InChI=1S/C15H14BrN3/c16-11-5-6-15(13(17)7-11)19-9-10-8-18-14-4-2-1-3-12(10)14/h1-8,18-19H,9,17H2. The Morgan fingerprint density at radius 1 is 1.16 bits per heavy atom. The summed E-state index contributed by atoms with van der Waals surface area (Å²) in [6.07, 6.45) is 2.03. The summed E-state index contributed by atoms with van der Waals surface area (Å²) >= 11 is 3.41. The van der Waals surface area contributed by atoms with Crippen LogP contribution in [-0.2, 0) is 6.54 Å². The number of hydrogen-bond donors (Lipinski definition) is 3. The van der Waals surface area contributed by atoms with Crippen molar-refractivity contribution >= 4 is 38.2 Å². The van der Waals surface area contributed by atoms with E-state index < -0.39 is 0 Å². The van der Waals surface area contributed by atoms with Crippen LogP contribution >= 0.6 is 15.9 Å². The van der Waals surface area contributed by atoms with Crippen LogP contribution < -0.4 is 11.1 Å². The van der Waals surface area contributed by atoms with Crippen molar-refractivity contribution in [1.29, 1.82) is 0 Å². The maximum atomic E-state index is 5.97. The molecule has 0 bridgehead atoms. The normalized spacial score (nSPS) is 10.8. The Kier molecular flexibility index (Phi) is 3.17. The lowest BCUT2D eigenvalue weighted by molar-refractivity contribution is 1.16. The molecule has 3 aromatic rings. The Hall–Kier alpha value is -1.94. The average molecular weight is 316 g/mol. The first kappa shape index (κ1) is 12.1. The van der Waals surface area contributed by atoms with Crippen LogP contribution in [0.1, 0.15) is 5.56 Å². The fraction of sp³-hybridized carbons (Fsp3) is 0.0667. The van der Waals surface area contributed by atoms with Crippen LogP contribution in [0.15, 0.2) is 53.1 Å². The first-order valence-corrected chi connectivity index (χ1v) is 6.87. The lowest BCUT2D eigenvalue weighted by Crippen LogP contribution is -2.01. The van der Waals surface area contributed by atoms with Crippen LogP contribution in [0.4, 0.5) is 11.4 Å². The molecule has 0 spiro atoms. The highest BCUT2D eigenvalue weighted by atomic mass is 79.9. The number of fused-ring (bicyclic) bond motifs is 1. The lowest BCUT2D eigenvalue weighted by atomic mass is 10.1. The van der Waals surface area contributed by atoms with Gasteiger partial charge in [0.25, 0.3) is 0 Å². The molecule has 0 atom stereocenters. The van der Waals surface area contributed by atoms with Crippen LogP contribution in [0, 0.1) is 0 Å². The maximum Gasteiger partial charge on any atom is 0.0577 e. The van der Waals surface area contributed by atoms with Gasteiger partial charge in [-0.2, -0.15) is 0 Å². The van der Waals surface area contributed by atoms with Crippen LogP contribution in [0.2, 0.25) is 0 Å². The highest BCUT2D eigenvalue weighted by Crippen LogP contribution is 2.25. The highest BCUT2D eigenvalue weighted by molar-refractivity contribution is 9.10. The fourth-order valence-corrected chi connectivity index (χ4v) is 2.54. The third-order valence-corrected chi connectivity index (χ3v) is 3.65. The molecule has 4 N–H and O–H groups in total. The maximum absolute atomic E-state index is 5.97. The van der Waals surface area contributed by atoms with E-state index in [0.29, 0.717) is 0 Å². The molecule has 0 unspecified atom stereocenters. The van der Waals surface area contributed by atoms with Gasteiger partial charge in [0.05, 0.1) is 11.4 Å². The number of para-hydroxylation sites is 1. The van der Waals surface area contributed by atoms with Crippen molar-refractivity contribution in [2.75, 3.05) is 11.1 Å². The number of rotatable bonds is 3. The third-order valence-electron chi connectivity index (χ3n) is 3.16. The Balaban J connectivity index is 1.82. The molecule has 19 heavy (non-hydrogen) atoms. The van der Waals surface area contributed by atoms with Crippen molar-refractivity contribution in [2.24, 2.45) is 0 Å². The largest absolute Gasteiger partial charge is 0.397 e. The van der Waals surface area contributed by atoms with Gasteiger partial charge < -0.3 is 16.0 Å². The Morgan fingerprint density at radius 2 is 2.00 bits per heavy atom. The molecule has 4 heteroatoms. The molecule has 96 valence electrons. The van der Waals surface area contributed by atoms with E-state index in [-0.39, 0.29) is 0 Å². The zero-order chi connectivity index (χ0) is 13.2. The zero-order valence-electron chi connectivity index (χ0n) is 10.3. The topological polar surface area (TPSA) is 53.8 Å². The SMILES string of the molecule is Nc1cc(Br)ccc1NCc1c[nH]c2ccccc12. The second kappa shape index (κ2) is 4.97. The zero-order valence-corrected chi connectivity index (χ0v) is 11.9. The van der Waals surface area contributed by atoms with Gasteiger partial charge >= 0.3 is 0 Å². The van der Waals surface area contributed by atoms with E-state index in [1.54, 1.807) is 0 Å². The number of anilines is 2. The molecular formula is C15H14BrN3. The van der Waals surface area contributed by atoms with Gasteiger partial charge in [-0.3, -0.25) is 0 Å². The summed E-state index contributed by atoms with van der Waals surface area (Å²) in [6, 6.07) is 14.1. The van der Waals surface area contributed by atoms with Crippen LogP contribution in [0.5, 0.6) is 0 Å². The van der Waals surface area contributed by atoms with Gasteiger partial charge in [0, 0.05) is 28.1 Å². The summed E-state index contributed by atoms with van der Waals surface area (Å²) in [7, 11) is 0. The van der Waals surface area contributed by atoms with Gasteiger partial charge in [0.15, 0.2) is 0 Å². The van der Waals surface area contributed by atoms with Crippen molar-refractivity contribution in [3.05, 3.63) is 58.7 Å². The Labute approximate surface area is 120 Å². The number of aromatic amines is 1. The monoisotopic (exact) mass is 315 g/mol. The van der Waals surface area contributed by atoms with Crippen molar-refractivity contribution < 1.29 is 0 Å². The van der Waals surface area contributed by atoms with Crippen molar-refractivity contribution in [3.8, 4) is 0 Å². The van der Waals surface area contributed by atoms with Crippen LogP contribution in [0.25, 0.3) is 10.9 Å². The van der Waals surface area contributed by atoms with E-state index >= 15 is 0 Å². The number of nitrogens with one attached hydrogen (secondary N) is 2. The number of aromatic nitrogens is 1. The van der Waals surface area contributed by atoms with Gasteiger partial charge in [-0.15, -0.1) is 0 Å². The van der Waals surface area contributed by atoms with Gasteiger partial charge in [0.1, 0.15) is 0 Å². The van der Waals surface area contributed by atoms with Crippen molar-refractivity contribution in [1.82, 2.24) is 4.98 Å².